The summed E-state index contributed by atoms with van der Waals surface area (Å²) in [5, 5.41) is 0. The molecule has 1 heterocycles. The first kappa shape index (κ1) is 17.9. The fourth-order valence-corrected chi connectivity index (χ4v) is 4.20. The number of rotatable bonds is 5. The number of likely N-dealkylation sites (N-methyl/N-ethyl adjacent to an activating group) is 1. The summed E-state index contributed by atoms with van der Waals surface area (Å²) in [5.41, 5.74) is 1.23. The van der Waals surface area contributed by atoms with Crippen LogP contribution >= 0.6 is 0 Å². The van der Waals surface area contributed by atoms with E-state index in [2.05, 4.69) is 12.1 Å². The summed E-state index contributed by atoms with van der Waals surface area (Å²) in [6.07, 6.45) is 0.904. The predicted octanol–water partition coefficient (Wildman–Crippen LogP) is 2.06. The van der Waals surface area contributed by atoms with Crippen LogP contribution in [0.15, 0.2) is 30.3 Å². The van der Waals surface area contributed by atoms with Gasteiger partial charge in [0.1, 0.15) is 0 Å². The van der Waals surface area contributed by atoms with E-state index in [9.17, 15) is 13.2 Å². The Bertz CT molecular complexity index is 645. The Kier molecular flexibility index (Phi) is 5.47. The molecule has 0 N–H and O–H groups in total. The molecule has 0 aromatic heterocycles. The molecule has 0 unspecified atom stereocenters. The Morgan fingerprint density at radius 1 is 1.26 bits per heavy atom. The molecule has 0 radical (unpaired) electrons. The van der Waals surface area contributed by atoms with Gasteiger partial charge in [0.2, 0.25) is 15.9 Å². The molecular formula is C17H26N2O3S. The van der Waals surface area contributed by atoms with E-state index in [1.54, 1.807) is 6.92 Å². The van der Waals surface area contributed by atoms with Crippen LogP contribution in [0.1, 0.15) is 38.7 Å². The monoisotopic (exact) mass is 338 g/mol. The lowest BCUT2D eigenvalue weighted by atomic mass is 9.92. The van der Waals surface area contributed by atoms with Gasteiger partial charge in [-0.1, -0.05) is 30.3 Å². The molecule has 0 aliphatic carbocycles. The highest BCUT2D eigenvalue weighted by Gasteiger charge is 2.40. The van der Waals surface area contributed by atoms with E-state index >= 15 is 0 Å². The van der Waals surface area contributed by atoms with Crippen molar-refractivity contribution in [2.24, 2.45) is 0 Å². The number of carbonyl (C=O) groups excluding carboxylic acids is 1. The van der Waals surface area contributed by atoms with Gasteiger partial charge in [-0.3, -0.25) is 4.79 Å². The lowest BCUT2D eigenvalue weighted by Crippen LogP contribution is -2.46. The van der Waals surface area contributed by atoms with Gasteiger partial charge in [0.05, 0.1) is 12.3 Å². The summed E-state index contributed by atoms with van der Waals surface area (Å²) in [7, 11) is -1.87. The summed E-state index contributed by atoms with van der Waals surface area (Å²) < 4.78 is 24.9. The van der Waals surface area contributed by atoms with Crippen molar-refractivity contribution in [3.63, 3.8) is 0 Å². The van der Waals surface area contributed by atoms with Gasteiger partial charge < -0.3 is 4.90 Å². The molecule has 1 aromatic rings. The van der Waals surface area contributed by atoms with Crippen LogP contribution in [0.5, 0.6) is 0 Å². The summed E-state index contributed by atoms with van der Waals surface area (Å²) in [6.45, 7) is 5.58. The quantitative estimate of drug-likeness (QED) is 0.826. The van der Waals surface area contributed by atoms with E-state index in [0.717, 1.165) is 10.7 Å². The van der Waals surface area contributed by atoms with Gasteiger partial charge in [0.25, 0.3) is 0 Å². The first-order valence-electron chi connectivity index (χ1n) is 8.08. The van der Waals surface area contributed by atoms with Gasteiger partial charge >= 0.3 is 0 Å². The highest BCUT2D eigenvalue weighted by atomic mass is 32.2. The molecule has 1 fully saturated rings. The zero-order valence-electron chi connectivity index (χ0n) is 14.3. The van der Waals surface area contributed by atoms with Gasteiger partial charge in [-0.05, 0) is 32.8 Å². The lowest BCUT2D eigenvalue weighted by molar-refractivity contribution is -0.133. The minimum absolute atomic E-state index is 0.00846. The number of likely N-dealkylation sites (tertiary alicyclic amines) is 1. The summed E-state index contributed by atoms with van der Waals surface area (Å²) in [4.78, 5) is 14.5. The van der Waals surface area contributed by atoms with Crippen LogP contribution in [0.4, 0.5) is 0 Å². The minimum Gasteiger partial charge on any atom is -0.336 e. The van der Waals surface area contributed by atoms with Crippen LogP contribution in [0, 0.1) is 0 Å². The number of sulfonamides is 1. The number of hydrogen-bond donors (Lipinski definition) is 0. The standard InChI is InChI=1S/C17H26N2O3S/c1-5-23(21,22)18(4)12-17(20)19-13(2)11-16(14(19)3)15-9-7-6-8-10-15/h6-10,13-14,16H,5,11-12H2,1-4H3/t13-,14+,16-/m1/s1. The number of nitrogens with zero attached hydrogens (tertiary/aromatic N) is 2. The number of hydrogen-bond acceptors (Lipinski definition) is 3. The number of benzene rings is 1. The van der Waals surface area contributed by atoms with Crippen molar-refractivity contribution in [3.05, 3.63) is 35.9 Å². The summed E-state index contributed by atoms with van der Waals surface area (Å²) in [5.74, 6) is 0.181. The van der Waals surface area contributed by atoms with Crippen LogP contribution in [0.25, 0.3) is 0 Å². The van der Waals surface area contributed by atoms with Crippen molar-refractivity contribution in [1.82, 2.24) is 9.21 Å². The zero-order chi connectivity index (χ0) is 17.2. The highest BCUT2D eigenvalue weighted by Crippen LogP contribution is 2.37. The SMILES string of the molecule is CCS(=O)(=O)N(C)CC(=O)N1[C@H](C)C[C@@H](c2ccccc2)[C@@H]1C. The first-order valence-corrected chi connectivity index (χ1v) is 9.69. The highest BCUT2D eigenvalue weighted by molar-refractivity contribution is 7.89. The number of carbonyl (C=O) groups is 1. The van der Waals surface area contributed by atoms with Gasteiger partial charge in [0, 0.05) is 25.0 Å². The Morgan fingerprint density at radius 3 is 2.43 bits per heavy atom. The molecule has 1 amide bonds. The smallest absolute Gasteiger partial charge is 0.238 e. The van der Waals surface area contributed by atoms with E-state index in [1.807, 2.05) is 36.9 Å². The minimum atomic E-state index is -3.34. The fourth-order valence-electron chi connectivity index (χ4n) is 3.45. The average molecular weight is 338 g/mol. The van der Waals surface area contributed by atoms with Crippen molar-refractivity contribution < 1.29 is 13.2 Å². The third kappa shape index (κ3) is 3.75. The third-order valence-electron chi connectivity index (χ3n) is 4.80. The molecule has 0 bridgehead atoms. The maximum absolute atomic E-state index is 12.6. The van der Waals surface area contributed by atoms with Crippen molar-refractivity contribution in [3.8, 4) is 0 Å². The van der Waals surface area contributed by atoms with Crippen LogP contribution in [0.3, 0.4) is 0 Å². The van der Waals surface area contributed by atoms with Crippen molar-refractivity contribution in [1.29, 1.82) is 0 Å². The first-order chi connectivity index (χ1) is 10.8. The van der Waals surface area contributed by atoms with E-state index < -0.39 is 10.0 Å². The normalized spacial score (nSPS) is 25.1. The van der Waals surface area contributed by atoms with Crippen LogP contribution in [0.2, 0.25) is 0 Å². The molecule has 1 aliphatic rings. The molecule has 1 aromatic carbocycles. The van der Waals surface area contributed by atoms with Crippen LogP contribution < -0.4 is 0 Å². The summed E-state index contributed by atoms with van der Waals surface area (Å²) in [6, 6.07) is 10.4. The average Bonchev–Trinajstić information content (AvgIpc) is 2.82. The van der Waals surface area contributed by atoms with Gasteiger partial charge in [-0.25, -0.2) is 8.42 Å². The van der Waals surface area contributed by atoms with E-state index in [-0.39, 0.29) is 30.3 Å². The second kappa shape index (κ2) is 7.01. The molecule has 0 saturated carbocycles. The van der Waals surface area contributed by atoms with Crippen molar-refractivity contribution in [2.75, 3.05) is 19.3 Å². The largest absolute Gasteiger partial charge is 0.336 e. The molecule has 2 rings (SSSR count). The van der Waals surface area contributed by atoms with Gasteiger partial charge in [0.15, 0.2) is 0 Å². The third-order valence-corrected chi connectivity index (χ3v) is 6.61. The van der Waals surface area contributed by atoms with Gasteiger partial charge in [-0.15, -0.1) is 0 Å². The Balaban J connectivity index is 2.12. The Morgan fingerprint density at radius 2 is 1.87 bits per heavy atom. The molecule has 3 atom stereocenters. The van der Waals surface area contributed by atoms with Crippen LogP contribution in [-0.2, 0) is 14.8 Å². The topological polar surface area (TPSA) is 57.7 Å². The zero-order valence-corrected chi connectivity index (χ0v) is 15.1. The Labute approximate surface area is 139 Å². The molecule has 1 saturated heterocycles. The van der Waals surface area contributed by atoms with E-state index in [4.69, 9.17) is 0 Å². The predicted molar refractivity (Wildman–Crippen MR) is 91.7 cm³/mol. The molecule has 1 aliphatic heterocycles. The fraction of sp³-hybridized carbons (Fsp3) is 0.588. The van der Waals surface area contributed by atoms with Crippen LogP contribution in [-0.4, -0.2) is 55.0 Å². The lowest BCUT2D eigenvalue weighted by Gasteiger charge is -2.29. The maximum Gasteiger partial charge on any atom is 0.238 e. The van der Waals surface area contributed by atoms with E-state index in [0.29, 0.717) is 5.92 Å². The van der Waals surface area contributed by atoms with Crippen molar-refractivity contribution in [2.45, 2.75) is 45.2 Å². The van der Waals surface area contributed by atoms with Gasteiger partial charge in [-0.2, -0.15) is 4.31 Å². The van der Waals surface area contributed by atoms with E-state index in [1.165, 1.54) is 12.6 Å². The number of amides is 1. The molecule has 6 heteroatoms. The molecule has 128 valence electrons. The molecule has 23 heavy (non-hydrogen) atoms. The molecule has 5 nitrogen and oxygen atoms in total. The molecule has 0 spiro atoms. The van der Waals surface area contributed by atoms with Crippen molar-refractivity contribution >= 4 is 15.9 Å². The second-order valence-corrected chi connectivity index (χ2v) is 8.66. The Hall–Kier alpha value is -1.40. The second-order valence-electron chi connectivity index (χ2n) is 6.30. The maximum atomic E-state index is 12.6. The molecular weight excluding hydrogens is 312 g/mol. The summed E-state index contributed by atoms with van der Waals surface area (Å²) >= 11 is 0.